The van der Waals surface area contributed by atoms with Crippen molar-refractivity contribution in [3.8, 4) is 0 Å². The molecule has 0 saturated carbocycles. The van der Waals surface area contributed by atoms with Crippen molar-refractivity contribution >= 4 is 55.6 Å². The number of unbranched alkanes of at least 4 members (excludes halogenated alkanes) is 9. The third-order valence-electron chi connectivity index (χ3n) is 10.9. The summed E-state index contributed by atoms with van der Waals surface area (Å²) in [6, 6.07) is 20.4. The van der Waals surface area contributed by atoms with E-state index >= 15 is 0 Å². The lowest BCUT2D eigenvalue weighted by molar-refractivity contribution is 0.0478. The number of fused-ring (bicyclic) bond motifs is 6. The number of carbonyl (C=O) groups is 2. The van der Waals surface area contributed by atoms with Crippen molar-refractivity contribution in [3.63, 3.8) is 0 Å². The molecule has 310 valence electrons. The Hall–Kier alpha value is -4.80. The van der Waals surface area contributed by atoms with Gasteiger partial charge in [0.05, 0.1) is 36.6 Å². The van der Waals surface area contributed by atoms with Crippen LogP contribution in [0.1, 0.15) is 125 Å². The van der Waals surface area contributed by atoms with E-state index in [0.717, 1.165) is 173 Å². The second-order valence-electron chi connectivity index (χ2n) is 15.3. The number of aryl methyl sites for hydroxylation is 2. The predicted octanol–water partition coefficient (Wildman–Crippen LogP) is 11.2. The summed E-state index contributed by atoms with van der Waals surface area (Å²) >= 11 is 0. The topological polar surface area (TPSA) is 107 Å². The van der Waals surface area contributed by atoms with E-state index < -0.39 is 0 Å². The second-order valence-corrected chi connectivity index (χ2v) is 15.3. The largest absolute Gasteiger partial charge is 0.461 e. The number of carbonyl (C=O) groups excluding carboxylic acids is 2. The first-order valence-electron chi connectivity index (χ1n) is 21.8. The van der Waals surface area contributed by atoms with Gasteiger partial charge in [-0.05, 0) is 75.6 Å². The molecule has 2 aromatic carbocycles. The standard InChI is InChI=1S/C48H62N4O6/c1-3-5-27-55-29-19-15-25-51-43-23-13-11-21-37(43)39-33-41(49-35-45(39)51)47(53)57-31-17-9-7-8-10-18-32-58-48(54)42-34-40-38-22-12-14-24-44(38)52(46(40)36-50-42)26-16-20-30-56-28-6-4-2/h11-14,21-24,33-36H,3-10,15-20,25-32H2,1-2H3. The van der Waals surface area contributed by atoms with E-state index in [1.54, 1.807) is 0 Å². The molecule has 58 heavy (non-hydrogen) atoms. The first-order valence-corrected chi connectivity index (χ1v) is 21.8. The molecule has 10 heteroatoms. The van der Waals surface area contributed by atoms with Crippen LogP contribution in [0.15, 0.2) is 73.1 Å². The summed E-state index contributed by atoms with van der Waals surface area (Å²) in [6.45, 7) is 10.0. The Balaban J connectivity index is 0.878. The average molecular weight is 791 g/mol. The highest BCUT2D eigenvalue weighted by Crippen LogP contribution is 2.31. The normalized spacial score (nSPS) is 11.7. The molecule has 0 spiro atoms. The SMILES string of the molecule is CCCCOCCCCn1c2ccccc2c2cc(C(=O)OCCCCCCCCOC(=O)c3cc4c5ccccc5n(CCCCOCCCC)c4cn3)ncc21. The summed E-state index contributed by atoms with van der Waals surface area (Å²) in [6.07, 6.45) is 17.7. The molecule has 0 amide bonds. The van der Waals surface area contributed by atoms with Crippen molar-refractivity contribution in [3.05, 3.63) is 84.4 Å². The number of hydrogen-bond donors (Lipinski definition) is 0. The number of pyridine rings is 2. The number of para-hydroxylation sites is 2. The van der Waals surface area contributed by atoms with Gasteiger partial charge in [0.25, 0.3) is 0 Å². The van der Waals surface area contributed by atoms with E-state index in [2.05, 4.69) is 69.3 Å². The fourth-order valence-electron chi connectivity index (χ4n) is 7.63. The highest BCUT2D eigenvalue weighted by molar-refractivity contribution is 6.10. The molecule has 0 aliphatic carbocycles. The van der Waals surface area contributed by atoms with Gasteiger partial charge in [-0.3, -0.25) is 0 Å². The van der Waals surface area contributed by atoms with Gasteiger partial charge < -0.3 is 28.1 Å². The Morgan fingerprint density at radius 1 is 0.466 bits per heavy atom. The summed E-state index contributed by atoms with van der Waals surface area (Å²) in [7, 11) is 0. The Morgan fingerprint density at radius 3 is 1.31 bits per heavy atom. The number of esters is 2. The molecule has 4 aromatic heterocycles. The first-order chi connectivity index (χ1) is 28.6. The number of aromatic nitrogens is 4. The molecule has 0 fully saturated rings. The highest BCUT2D eigenvalue weighted by Gasteiger charge is 2.17. The zero-order valence-corrected chi connectivity index (χ0v) is 34.7. The van der Waals surface area contributed by atoms with Crippen LogP contribution in [0.25, 0.3) is 43.6 Å². The van der Waals surface area contributed by atoms with Crippen LogP contribution in [-0.4, -0.2) is 70.7 Å². The molecule has 6 rings (SSSR count). The minimum atomic E-state index is -0.386. The summed E-state index contributed by atoms with van der Waals surface area (Å²) < 4.78 is 27.3. The van der Waals surface area contributed by atoms with E-state index in [0.29, 0.717) is 24.6 Å². The van der Waals surface area contributed by atoms with Crippen LogP contribution in [0.3, 0.4) is 0 Å². The van der Waals surface area contributed by atoms with Crippen molar-refractivity contribution in [2.75, 3.05) is 39.6 Å². The number of benzene rings is 2. The van der Waals surface area contributed by atoms with Gasteiger partial charge in [-0.2, -0.15) is 0 Å². The molecule has 0 unspecified atom stereocenters. The number of rotatable bonds is 27. The molecule has 6 aromatic rings. The molecule has 0 bridgehead atoms. The summed E-state index contributed by atoms with van der Waals surface area (Å²) in [5.74, 6) is -0.772. The molecule has 10 nitrogen and oxygen atoms in total. The van der Waals surface area contributed by atoms with E-state index in [4.69, 9.17) is 18.9 Å². The number of hydrogen-bond acceptors (Lipinski definition) is 8. The van der Waals surface area contributed by atoms with Gasteiger partial charge in [-0.25, -0.2) is 19.6 Å². The van der Waals surface area contributed by atoms with Gasteiger partial charge in [0.2, 0.25) is 0 Å². The van der Waals surface area contributed by atoms with Gasteiger partial charge in [-0.15, -0.1) is 0 Å². The van der Waals surface area contributed by atoms with Crippen LogP contribution < -0.4 is 0 Å². The van der Waals surface area contributed by atoms with Crippen molar-refractivity contribution in [1.29, 1.82) is 0 Å². The lowest BCUT2D eigenvalue weighted by Crippen LogP contribution is -2.09. The number of nitrogens with zero attached hydrogens (tertiary/aromatic N) is 4. The molecular formula is C48H62N4O6. The fraction of sp³-hybridized carbons (Fsp3) is 0.500. The first kappa shape index (κ1) is 42.8. The third kappa shape index (κ3) is 11.4. The van der Waals surface area contributed by atoms with Crippen LogP contribution in [0.4, 0.5) is 0 Å². The highest BCUT2D eigenvalue weighted by atomic mass is 16.5. The molecule has 4 heterocycles. The van der Waals surface area contributed by atoms with Crippen molar-refractivity contribution < 1.29 is 28.5 Å². The second kappa shape index (κ2) is 23.0. The maximum atomic E-state index is 13.0. The fourth-order valence-corrected chi connectivity index (χ4v) is 7.63. The Bertz CT molecular complexity index is 2050. The molecule has 0 aliphatic heterocycles. The minimum absolute atomic E-state index is 0.339. The molecule has 0 atom stereocenters. The average Bonchev–Trinajstić information content (AvgIpc) is 3.74. The van der Waals surface area contributed by atoms with E-state index in [-0.39, 0.29) is 11.9 Å². The predicted molar refractivity (Wildman–Crippen MR) is 233 cm³/mol. The lowest BCUT2D eigenvalue weighted by Gasteiger charge is -2.08. The van der Waals surface area contributed by atoms with Gasteiger partial charge in [0.1, 0.15) is 11.4 Å². The van der Waals surface area contributed by atoms with Gasteiger partial charge >= 0.3 is 11.9 Å². The van der Waals surface area contributed by atoms with Crippen molar-refractivity contribution in [2.24, 2.45) is 0 Å². The van der Waals surface area contributed by atoms with Crippen LogP contribution in [0.5, 0.6) is 0 Å². The number of ether oxygens (including phenoxy) is 4. The van der Waals surface area contributed by atoms with Crippen molar-refractivity contribution in [2.45, 2.75) is 117 Å². The van der Waals surface area contributed by atoms with Crippen molar-refractivity contribution in [1.82, 2.24) is 19.1 Å². The monoisotopic (exact) mass is 790 g/mol. The molecule has 0 saturated heterocycles. The Morgan fingerprint density at radius 2 is 0.862 bits per heavy atom. The summed E-state index contributed by atoms with van der Waals surface area (Å²) in [4.78, 5) is 35.0. The lowest BCUT2D eigenvalue weighted by atomic mass is 10.1. The zero-order valence-electron chi connectivity index (χ0n) is 34.7. The van der Waals surface area contributed by atoms with Gasteiger partial charge in [-0.1, -0.05) is 88.8 Å². The maximum absolute atomic E-state index is 13.0. The van der Waals surface area contributed by atoms with Gasteiger partial charge in [0.15, 0.2) is 0 Å². The molecule has 0 radical (unpaired) electrons. The third-order valence-corrected chi connectivity index (χ3v) is 10.9. The Kier molecular flexibility index (Phi) is 16.9. The maximum Gasteiger partial charge on any atom is 0.356 e. The van der Waals surface area contributed by atoms with Crippen LogP contribution in [-0.2, 0) is 32.0 Å². The summed E-state index contributed by atoms with van der Waals surface area (Å²) in [5, 5.41) is 4.28. The van der Waals surface area contributed by atoms with Crippen LogP contribution >= 0.6 is 0 Å². The van der Waals surface area contributed by atoms with E-state index in [1.165, 1.54) is 0 Å². The molecule has 0 aliphatic rings. The van der Waals surface area contributed by atoms with Crippen LogP contribution in [0.2, 0.25) is 0 Å². The molecule has 0 N–H and O–H groups in total. The summed E-state index contributed by atoms with van der Waals surface area (Å²) in [5.41, 5.74) is 5.03. The van der Waals surface area contributed by atoms with Gasteiger partial charge in [0, 0.05) is 72.1 Å². The zero-order chi connectivity index (χ0) is 40.4. The minimum Gasteiger partial charge on any atom is -0.461 e. The molecular weight excluding hydrogens is 729 g/mol. The van der Waals surface area contributed by atoms with E-state index in [1.807, 2.05) is 36.7 Å². The quantitative estimate of drug-likeness (QED) is 0.0375. The van der Waals surface area contributed by atoms with E-state index in [9.17, 15) is 9.59 Å². The Labute approximate surface area is 343 Å². The van der Waals surface area contributed by atoms with Crippen LogP contribution in [0, 0.1) is 0 Å². The smallest absolute Gasteiger partial charge is 0.356 e.